The van der Waals surface area contributed by atoms with Crippen molar-refractivity contribution in [3.05, 3.63) is 23.8 Å². The van der Waals surface area contributed by atoms with Crippen LogP contribution in [0, 0.1) is 11.3 Å². The van der Waals surface area contributed by atoms with Crippen molar-refractivity contribution >= 4 is 11.4 Å². The molecule has 1 aliphatic rings. The molecule has 1 fully saturated rings. The SMILES string of the molecule is N#Cc1ccc(NCC2CCO2)c(N)c1. The van der Waals surface area contributed by atoms with Crippen LogP contribution in [0.1, 0.15) is 12.0 Å². The molecular weight excluding hydrogens is 190 g/mol. The highest BCUT2D eigenvalue weighted by Crippen LogP contribution is 2.20. The average molecular weight is 203 g/mol. The minimum Gasteiger partial charge on any atom is -0.397 e. The zero-order chi connectivity index (χ0) is 10.7. The number of hydrogen-bond donors (Lipinski definition) is 2. The third-order valence-corrected chi connectivity index (χ3v) is 2.49. The van der Waals surface area contributed by atoms with Crippen molar-refractivity contribution in [2.45, 2.75) is 12.5 Å². The van der Waals surface area contributed by atoms with E-state index in [9.17, 15) is 0 Å². The van der Waals surface area contributed by atoms with Gasteiger partial charge in [-0.15, -0.1) is 0 Å². The molecule has 4 heteroatoms. The van der Waals surface area contributed by atoms with Gasteiger partial charge < -0.3 is 15.8 Å². The van der Waals surface area contributed by atoms with Gasteiger partial charge in [-0.3, -0.25) is 0 Å². The Morgan fingerprint density at radius 3 is 2.93 bits per heavy atom. The summed E-state index contributed by atoms with van der Waals surface area (Å²) in [5, 5.41) is 11.9. The molecule has 4 nitrogen and oxygen atoms in total. The first-order chi connectivity index (χ1) is 7.29. The molecule has 2 rings (SSSR count). The number of nitrogens with two attached hydrogens (primary N) is 1. The Morgan fingerprint density at radius 1 is 1.60 bits per heavy atom. The fourth-order valence-corrected chi connectivity index (χ4v) is 1.46. The van der Waals surface area contributed by atoms with Crippen molar-refractivity contribution in [3.8, 4) is 6.07 Å². The third-order valence-electron chi connectivity index (χ3n) is 2.49. The molecule has 78 valence electrons. The molecule has 0 saturated carbocycles. The number of hydrogen-bond acceptors (Lipinski definition) is 4. The highest BCUT2D eigenvalue weighted by atomic mass is 16.5. The lowest BCUT2D eigenvalue weighted by Crippen LogP contribution is -2.33. The summed E-state index contributed by atoms with van der Waals surface area (Å²) in [4.78, 5) is 0. The lowest BCUT2D eigenvalue weighted by molar-refractivity contribution is -0.0410. The molecule has 0 spiro atoms. The maximum absolute atomic E-state index is 8.67. The summed E-state index contributed by atoms with van der Waals surface area (Å²) in [5.74, 6) is 0. The predicted molar refractivity (Wildman–Crippen MR) is 58.4 cm³/mol. The fourth-order valence-electron chi connectivity index (χ4n) is 1.46. The molecular formula is C11H13N3O. The van der Waals surface area contributed by atoms with Gasteiger partial charge in [0.25, 0.3) is 0 Å². The molecule has 1 aromatic carbocycles. The van der Waals surface area contributed by atoms with E-state index in [4.69, 9.17) is 15.7 Å². The quantitative estimate of drug-likeness (QED) is 0.727. The van der Waals surface area contributed by atoms with Crippen LogP contribution in [0.25, 0.3) is 0 Å². The van der Waals surface area contributed by atoms with E-state index in [1.807, 2.05) is 12.1 Å². The van der Waals surface area contributed by atoms with Gasteiger partial charge in [0.15, 0.2) is 0 Å². The van der Waals surface area contributed by atoms with Crippen LogP contribution in [0.3, 0.4) is 0 Å². The van der Waals surface area contributed by atoms with Crippen molar-refractivity contribution < 1.29 is 4.74 Å². The van der Waals surface area contributed by atoms with E-state index in [1.165, 1.54) is 0 Å². The number of benzene rings is 1. The Labute approximate surface area is 88.6 Å². The summed E-state index contributed by atoms with van der Waals surface area (Å²) >= 11 is 0. The molecule has 1 heterocycles. The maximum atomic E-state index is 8.67. The lowest BCUT2D eigenvalue weighted by atomic mass is 10.1. The van der Waals surface area contributed by atoms with E-state index in [2.05, 4.69) is 5.32 Å². The molecule has 0 aliphatic carbocycles. The van der Waals surface area contributed by atoms with E-state index in [0.717, 1.165) is 25.3 Å². The van der Waals surface area contributed by atoms with Crippen LogP contribution in [0.5, 0.6) is 0 Å². The van der Waals surface area contributed by atoms with Gasteiger partial charge in [0.05, 0.1) is 29.1 Å². The van der Waals surface area contributed by atoms with Crippen LogP contribution >= 0.6 is 0 Å². The van der Waals surface area contributed by atoms with Crippen molar-refractivity contribution in [3.63, 3.8) is 0 Å². The number of nitrogens with one attached hydrogen (secondary N) is 1. The van der Waals surface area contributed by atoms with Crippen LogP contribution in [0.15, 0.2) is 18.2 Å². The zero-order valence-corrected chi connectivity index (χ0v) is 8.36. The topological polar surface area (TPSA) is 71.1 Å². The molecule has 15 heavy (non-hydrogen) atoms. The normalized spacial score (nSPS) is 19.0. The van der Waals surface area contributed by atoms with Crippen LogP contribution in [0.4, 0.5) is 11.4 Å². The van der Waals surface area contributed by atoms with Crippen molar-refractivity contribution in [2.75, 3.05) is 24.2 Å². The minimum absolute atomic E-state index is 0.306. The Morgan fingerprint density at radius 2 is 2.40 bits per heavy atom. The van der Waals surface area contributed by atoms with E-state index in [0.29, 0.717) is 17.4 Å². The van der Waals surface area contributed by atoms with Crippen LogP contribution in [-0.4, -0.2) is 19.3 Å². The number of ether oxygens (including phenoxy) is 1. The Hall–Kier alpha value is -1.73. The molecule has 0 bridgehead atoms. The van der Waals surface area contributed by atoms with Gasteiger partial charge in [-0.25, -0.2) is 0 Å². The number of nitriles is 1. The Balaban J connectivity index is 1.98. The van der Waals surface area contributed by atoms with Gasteiger partial charge in [-0.2, -0.15) is 5.26 Å². The number of anilines is 2. The third kappa shape index (κ3) is 2.20. The highest BCUT2D eigenvalue weighted by Gasteiger charge is 2.17. The summed E-state index contributed by atoms with van der Waals surface area (Å²) in [6.45, 7) is 1.63. The van der Waals surface area contributed by atoms with Crippen molar-refractivity contribution in [1.82, 2.24) is 0 Å². The fraction of sp³-hybridized carbons (Fsp3) is 0.364. The average Bonchev–Trinajstić information content (AvgIpc) is 2.18. The number of rotatable bonds is 3. The lowest BCUT2D eigenvalue weighted by Gasteiger charge is -2.27. The molecule has 3 N–H and O–H groups in total. The summed E-state index contributed by atoms with van der Waals surface area (Å²) in [6, 6.07) is 7.30. The van der Waals surface area contributed by atoms with E-state index >= 15 is 0 Å². The molecule has 1 atom stereocenters. The molecule has 1 saturated heterocycles. The molecule has 1 aromatic rings. The zero-order valence-electron chi connectivity index (χ0n) is 8.36. The second-order valence-corrected chi connectivity index (χ2v) is 3.58. The van der Waals surface area contributed by atoms with Gasteiger partial charge in [0, 0.05) is 13.2 Å². The van der Waals surface area contributed by atoms with Crippen LogP contribution in [0.2, 0.25) is 0 Å². The largest absolute Gasteiger partial charge is 0.397 e. The van der Waals surface area contributed by atoms with E-state index < -0.39 is 0 Å². The second kappa shape index (κ2) is 4.20. The Bertz CT molecular complexity index is 393. The number of nitrogens with zero attached hydrogens (tertiary/aromatic N) is 1. The summed E-state index contributed by atoms with van der Waals surface area (Å²) < 4.78 is 5.28. The Kier molecular flexibility index (Phi) is 2.75. The first kappa shape index (κ1) is 9.81. The van der Waals surface area contributed by atoms with Gasteiger partial charge in [0.2, 0.25) is 0 Å². The van der Waals surface area contributed by atoms with Gasteiger partial charge in [0.1, 0.15) is 0 Å². The molecule has 0 amide bonds. The number of nitrogen functional groups attached to an aromatic ring is 1. The van der Waals surface area contributed by atoms with Gasteiger partial charge in [-0.05, 0) is 24.6 Å². The van der Waals surface area contributed by atoms with Gasteiger partial charge in [-0.1, -0.05) is 0 Å². The van der Waals surface area contributed by atoms with Crippen LogP contribution in [-0.2, 0) is 4.74 Å². The van der Waals surface area contributed by atoms with Crippen molar-refractivity contribution in [1.29, 1.82) is 5.26 Å². The molecule has 0 radical (unpaired) electrons. The highest BCUT2D eigenvalue weighted by molar-refractivity contribution is 5.68. The van der Waals surface area contributed by atoms with Crippen molar-refractivity contribution in [2.24, 2.45) is 0 Å². The van der Waals surface area contributed by atoms with Crippen LogP contribution < -0.4 is 11.1 Å². The summed E-state index contributed by atoms with van der Waals surface area (Å²) in [7, 11) is 0. The monoisotopic (exact) mass is 203 g/mol. The molecule has 0 aromatic heterocycles. The van der Waals surface area contributed by atoms with E-state index in [-0.39, 0.29) is 0 Å². The minimum atomic E-state index is 0.306. The standard InChI is InChI=1S/C11H13N3O/c12-6-8-1-2-11(10(13)5-8)14-7-9-3-4-15-9/h1-2,5,9,14H,3-4,7,13H2. The maximum Gasteiger partial charge on any atom is 0.0992 e. The molecule has 1 aliphatic heterocycles. The first-order valence-corrected chi connectivity index (χ1v) is 4.94. The smallest absolute Gasteiger partial charge is 0.0992 e. The van der Waals surface area contributed by atoms with Gasteiger partial charge >= 0.3 is 0 Å². The second-order valence-electron chi connectivity index (χ2n) is 3.58. The molecule has 1 unspecified atom stereocenters. The summed E-state index contributed by atoms with van der Waals surface area (Å²) in [6.07, 6.45) is 1.41. The predicted octanol–water partition coefficient (Wildman–Crippen LogP) is 1.34. The first-order valence-electron chi connectivity index (χ1n) is 4.94. The van der Waals surface area contributed by atoms with E-state index in [1.54, 1.807) is 12.1 Å². The summed E-state index contributed by atoms with van der Waals surface area (Å²) in [5.41, 5.74) is 7.84.